The minimum Gasteiger partial charge on any atom is -0.308 e. The number of rotatable bonds is 1. The van der Waals surface area contributed by atoms with E-state index in [1.54, 1.807) is 12.1 Å². The molecule has 1 fully saturated rings. The Hall–Kier alpha value is -0.880. The lowest BCUT2D eigenvalue weighted by Crippen LogP contribution is -2.25. The van der Waals surface area contributed by atoms with Crippen molar-refractivity contribution in [3.63, 3.8) is 0 Å². The molecule has 88 valence electrons. The van der Waals surface area contributed by atoms with E-state index in [-0.39, 0.29) is 11.8 Å². The molecule has 0 N–H and O–H groups in total. The Bertz CT molecular complexity index is 498. The quantitative estimate of drug-likeness (QED) is 0.723. The molecule has 0 bridgehead atoms. The molecule has 0 aliphatic carbocycles. The molecule has 0 radical (unpaired) electrons. The summed E-state index contributed by atoms with van der Waals surface area (Å²) < 4.78 is 0. The number of benzene rings is 1. The van der Waals surface area contributed by atoms with Crippen LogP contribution in [0.2, 0.25) is 15.1 Å². The largest absolute Gasteiger partial charge is 0.308 e. The first-order valence-electron chi connectivity index (χ1n) is 4.94. The van der Waals surface area contributed by atoms with Crippen LogP contribution in [-0.2, 0) is 4.79 Å². The van der Waals surface area contributed by atoms with Gasteiger partial charge in [0.2, 0.25) is 5.91 Å². The van der Waals surface area contributed by atoms with E-state index in [9.17, 15) is 4.79 Å². The van der Waals surface area contributed by atoms with Gasteiger partial charge in [0.1, 0.15) is 0 Å². The van der Waals surface area contributed by atoms with Gasteiger partial charge in [-0.15, -0.1) is 12.3 Å². The van der Waals surface area contributed by atoms with E-state index in [1.807, 2.05) is 0 Å². The summed E-state index contributed by atoms with van der Waals surface area (Å²) >= 11 is 17.9. The number of carbonyl (C=O) groups is 1. The molecule has 2 rings (SSSR count). The van der Waals surface area contributed by atoms with Gasteiger partial charge in [-0.3, -0.25) is 4.79 Å². The smallest absolute Gasteiger partial charge is 0.228 e. The number of amides is 1. The van der Waals surface area contributed by atoms with Crippen LogP contribution in [0, 0.1) is 18.3 Å². The second-order valence-corrected chi connectivity index (χ2v) is 5.04. The molecule has 1 amide bonds. The summed E-state index contributed by atoms with van der Waals surface area (Å²) in [6.45, 7) is 0.441. The van der Waals surface area contributed by atoms with Gasteiger partial charge in [0.25, 0.3) is 0 Å². The first-order chi connectivity index (χ1) is 8.02. The minimum atomic E-state index is -0.0923. The lowest BCUT2D eigenvalue weighted by Gasteiger charge is -2.19. The van der Waals surface area contributed by atoms with E-state index in [0.29, 0.717) is 33.7 Å². The maximum absolute atomic E-state index is 11.8. The maximum atomic E-state index is 11.8. The van der Waals surface area contributed by atoms with Crippen molar-refractivity contribution in [2.24, 2.45) is 5.92 Å². The normalized spacial score (nSPS) is 19.5. The summed E-state index contributed by atoms with van der Waals surface area (Å²) in [6.07, 6.45) is 5.65. The zero-order valence-corrected chi connectivity index (χ0v) is 11.0. The Morgan fingerprint density at radius 1 is 1.29 bits per heavy atom. The number of hydrogen-bond acceptors (Lipinski definition) is 1. The van der Waals surface area contributed by atoms with E-state index in [1.165, 1.54) is 4.90 Å². The van der Waals surface area contributed by atoms with Crippen molar-refractivity contribution in [3.8, 4) is 12.3 Å². The van der Waals surface area contributed by atoms with Gasteiger partial charge in [-0.05, 0) is 12.1 Å². The number of carbonyl (C=O) groups excluding carboxylic acids is 1. The number of anilines is 1. The van der Waals surface area contributed by atoms with Crippen LogP contribution in [0.3, 0.4) is 0 Å². The number of nitrogens with zero attached hydrogens (tertiary/aromatic N) is 1. The molecule has 17 heavy (non-hydrogen) atoms. The van der Waals surface area contributed by atoms with Crippen molar-refractivity contribution in [2.75, 3.05) is 11.4 Å². The predicted octanol–water partition coefficient (Wildman–Crippen LogP) is 3.63. The van der Waals surface area contributed by atoms with Crippen LogP contribution in [-0.4, -0.2) is 12.5 Å². The van der Waals surface area contributed by atoms with Gasteiger partial charge in [0.05, 0.1) is 15.7 Å². The van der Waals surface area contributed by atoms with E-state index >= 15 is 0 Å². The van der Waals surface area contributed by atoms with Crippen LogP contribution in [0.5, 0.6) is 0 Å². The van der Waals surface area contributed by atoms with Crippen molar-refractivity contribution in [1.29, 1.82) is 0 Å². The van der Waals surface area contributed by atoms with Crippen LogP contribution < -0.4 is 4.90 Å². The lowest BCUT2D eigenvalue weighted by atomic mass is 10.1. The van der Waals surface area contributed by atoms with E-state index in [2.05, 4.69) is 5.92 Å². The Morgan fingerprint density at radius 3 is 2.35 bits per heavy atom. The van der Waals surface area contributed by atoms with Crippen molar-refractivity contribution >= 4 is 46.4 Å². The first-order valence-corrected chi connectivity index (χ1v) is 6.07. The molecule has 1 saturated heterocycles. The van der Waals surface area contributed by atoms with Crippen molar-refractivity contribution in [1.82, 2.24) is 0 Å². The van der Waals surface area contributed by atoms with E-state index < -0.39 is 0 Å². The molecule has 0 aromatic heterocycles. The second-order valence-electron chi connectivity index (χ2n) is 3.79. The molecular weight excluding hydrogens is 280 g/mol. The summed E-state index contributed by atoms with van der Waals surface area (Å²) in [6, 6.07) is 3.11. The fourth-order valence-electron chi connectivity index (χ4n) is 1.83. The number of halogens is 3. The summed E-state index contributed by atoms with van der Waals surface area (Å²) in [7, 11) is 0. The zero-order valence-electron chi connectivity index (χ0n) is 8.71. The minimum absolute atomic E-state index is 0.0703. The molecule has 0 spiro atoms. The molecule has 1 aliphatic rings. The highest BCUT2D eigenvalue weighted by molar-refractivity contribution is 6.42. The fourth-order valence-corrected chi connectivity index (χ4v) is 2.85. The first kappa shape index (κ1) is 12.6. The molecule has 1 unspecified atom stereocenters. The summed E-state index contributed by atoms with van der Waals surface area (Å²) in [5, 5.41) is 1.14. The third-order valence-corrected chi connectivity index (χ3v) is 3.41. The van der Waals surface area contributed by atoms with Gasteiger partial charge >= 0.3 is 0 Å². The van der Waals surface area contributed by atoms with E-state index in [0.717, 1.165) is 0 Å². The SMILES string of the molecule is C#CC1CC(=O)N(c2c(Cl)cc(Cl)cc2Cl)C1. The molecule has 1 atom stereocenters. The Labute approximate surface area is 114 Å². The predicted molar refractivity (Wildman–Crippen MR) is 70.8 cm³/mol. The average molecular weight is 289 g/mol. The fraction of sp³-hybridized carbons (Fsp3) is 0.250. The van der Waals surface area contributed by atoms with Crippen LogP contribution >= 0.6 is 34.8 Å². The van der Waals surface area contributed by atoms with Crippen LogP contribution in [0.25, 0.3) is 0 Å². The highest BCUT2D eigenvalue weighted by Crippen LogP contribution is 2.39. The zero-order chi connectivity index (χ0) is 12.6. The molecule has 1 heterocycles. The van der Waals surface area contributed by atoms with Crippen LogP contribution in [0.4, 0.5) is 5.69 Å². The monoisotopic (exact) mass is 287 g/mol. The lowest BCUT2D eigenvalue weighted by molar-refractivity contribution is -0.117. The topological polar surface area (TPSA) is 20.3 Å². The molecule has 5 heteroatoms. The van der Waals surface area contributed by atoms with Crippen LogP contribution in [0.15, 0.2) is 12.1 Å². The van der Waals surface area contributed by atoms with Gasteiger partial charge in [-0.2, -0.15) is 0 Å². The van der Waals surface area contributed by atoms with Crippen molar-refractivity contribution < 1.29 is 4.79 Å². The van der Waals surface area contributed by atoms with Crippen molar-refractivity contribution in [3.05, 3.63) is 27.2 Å². The summed E-state index contributed by atoms with van der Waals surface area (Å²) in [4.78, 5) is 13.3. The van der Waals surface area contributed by atoms with Gasteiger partial charge in [-0.1, -0.05) is 34.8 Å². The van der Waals surface area contributed by atoms with Crippen molar-refractivity contribution in [2.45, 2.75) is 6.42 Å². The summed E-state index contributed by atoms with van der Waals surface area (Å²) in [5.41, 5.74) is 0.487. The Kier molecular flexibility index (Phi) is 3.53. The Balaban J connectivity index is 2.42. The van der Waals surface area contributed by atoms with Gasteiger partial charge in [0, 0.05) is 23.9 Å². The molecule has 1 aliphatic heterocycles. The third kappa shape index (κ3) is 2.37. The van der Waals surface area contributed by atoms with Gasteiger partial charge in [-0.25, -0.2) is 0 Å². The third-order valence-electron chi connectivity index (χ3n) is 2.61. The number of terminal acetylenes is 1. The van der Waals surface area contributed by atoms with Gasteiger partial charge < -0.3 is 4.90 Å². The summed E-state index contributed by atoms with van der Waals surface area (Å²) in [5.74, 6) is 2.41. The average Bonchev–Trinajstić information content (AvgIpc) is 2.59. The molecular formula is C12H8Cl3NO. The molecule has 2 nitrogen and oxygen atoms in total. The molecule has 1 aromatic carbocycles. The highest BCUT2D eigenvalue weighted by atomic mass is 35.5. The van der Waals surface area contributed by atoms with E-state index in [4.69, 9.17) is 41.2 Å². The Morgan fingerprint density at radius 2 is 1.88 bits per heavy atom. The van der Waals surface area contributed by atoms with Gasteiger partial charge in [0.15, 0.2) is 0 Å². The molecule has 0 saturated carbocycles. The van der Waals surface area contributed by atoms with Crippen LogP contribution in [0.1, 0.15) is 6.42 Å². The number of hydrogen-bond donors (Lipinski definition) is 0. The maximum Gasteiger partial charge on any atom is 0.228 e. The molecule has 1 aromatic rings. The second kappa shape index (κ2) is 4.78. The standard InChI is InChI=1S/C12H8Cl3NO/c1-2-7-3-11(17)16(6-7)12-9(14)4-8(13)5-10(12)15/h1,4-5,7H,3,6H2. The highest BCUT2D eigenvalue weighted by Gasteiger charge is 2.31.